The molecule has 0 aliphatic heterocycles. The van der Waals surface area contributed by atoms with Gasteiger partial charge in [0.2, 0.25) is 0 Å². The van der Waals surface area contributed by atoms with Crippen molar-refractivity contribution in [1.29, 1.82) is 0 Å². The van der Waals surface area contributed by atoms with Crippen LogP contribution in [0.25, 0.3) is 0 Å². The second-order valence-electron chi connectivity index (χ2n) is 3.41. The van der Waals surface area contributed by atoms with Crippen LogP contribution in [-0.2, 0) is 22.5 Å². The molecule has 0 aliphatic carbocycles. The molecule has 0 aromatic carbocycles. The number of esters is 1. The summed E-state index contributed by atoms with van der Waals surface area (Å²) in [6.45, 7) is -0.279. The van der Waals surface area contributed by atoms with E-state index in [0.29, 0.717) is 0 Å². The van der Waals surface area contributed by atoms with E-state index in [1.165, 1.54) is 0 Å². The number of carbonyl (C=O) groups excluding carboxylic acids is 1. The molecular formula is C10H11F3N2O4. The van der Waals surface area contributed by atoms with Gasteiger partial charge in [-0.2, -0.15) is 0 Å². The zero-order valence-electron chi connectivity index (χ0n) is 9.82. The van der Waals surface area contributed by atoms with E-state index >= 15 is 0 Å². The zero-order valence-corrected chi connectivity index (χ0v) is 9.82. The highest BCUT2D eigenvalue weighted by molar-refractivity contribution is 5.74. The van der Waals surface area contributed by atoms with Gasteiger partial charge < -0.3 is 20.3 Å². The van der Waals surface area contributed by atoms with Crippen LogP contribution in [0, 0.1) is 0 Å². The number of methoxy groups -OCH3 is 1. The Bertz CT molecular complexity index is 477. The second kappa shape index (κ2) is 5.74. The molecule has 0 atom stereocenters. The molecule has 0 spiro atoms. The maximum absolute atomic E-state index is 12.3. The van der Waals surface area contributed by atoms with Crippen LogP contribution in [-0.4, -0.2) is 29.5 Å². The fraction of sp³-hybridized carbons (Fsp3) is 0.400. The van der Waals surface area contributed by atoms with E-state index < -0.39 is 30.3 Å². The topological polar surface area (TPSA) is 94.7 Å². The summed E-state index contributed by atoms with van der Waals surface area (Å²) in [5, 5.41) is 9.60. The summed E-state index contributed by atoms with van der Waals surface area (Å²) in [5.41, 5.74) is 4.79. The molecule has 1 heterocycles. The van der Waals surface area contributed by atoms with E-state index in [1.54, 1.807) is 0 Å². The number of nitrogens with zero attached hydrogens (tertiary/aromatic N) is 1. The molecule has 0 amide bonds. The number of aromatic nitrogens is 1. The fourth-order valence-corrected chi connectivity index (χ4v) is 1.29. The fourth-order valence-electron chi connectivity index (χ4n) is 1.29. The van der Waals surface area contributed by atoms with Gasteiger partial charge in [0, 0.05) is 18.3 Å². The molecule has 106 valence electrons. The van der Waals surface area contributed by atoms with E-state index in [1.807, 2.05) is 0 Å². The van der Waals surface area contributed by atoms with Crippen molar-refractivity contribution < 1.29 is 32.5 Å². The van der Waals surface area contributed by atoms with Gasteiger partial charge in [-0.1, -0.05) is 0 Å². The van der Waals surface area contributed by atoms with E-state index in [9.17, 15) is 23.1 Å². The lowest BCUT2D eigenvalue weighted by atomic mass is 10.1. The van der Waals surface area contributed by atoms with Crippen LogP contribution in [0.5, 0.6) is 11.5 Å². The SMILES string of the molecule is COC(=O)Cc1cnc(CN)c(O)c1OC(F)(F)F. The molecule has 3 N–H and O–H groups in total. The van der Waals surface area contributed by atoms with Gasteiger partial charge in [-0.15, -0.1) is 13.2 Å². The Morgan fingerprint density at radius 3 is 2.63 bits per heavy atom. The lowest BCUT2D eigenvalue weighted by Gasteiger charge is -2.15. The first-order valence-electron chi connectivity index (χ1n) is 5.00. The summed E-state index contributed by atoms with van der Waals surface area (Å²) in [7, 11) is 1.08. The molecular weight excluding hydrogens is 269 g/mol. The number of aromatic hydroxyl groups is 1. The summed E-state index contributed by atoms with van der Waals surface area (Å²) in [6, 6.07) is 0. The first kappa shape index (κ1) is 15.0. The number of carbonyl (C=O) groups is 1. The van der Waals surface area contributed by atoms with Gasteiger partial charge in [0.05, 0.1) is 19.2 Å². The molecule has 1 rings (SSSR count). The standard InChI is InChI=1S/C10H11F3N2O4/c1-18-7(16)2-5-4-15-6(3-14)8(17)9(5)19-10(11,12)13/h4,17H,2-3,14H2,1H3. The second-order valence-corrected chi connectivity index (χ2v) is 3.41. The van der Waals surface area contributed by atoms with E-state index in [0.717, 1.165) is 13.3 Å². The Morgan fingerprint density at radius 1 is 1.53 bits per heavy atom. The Hall–Kier alpha value is -2.03. The molecule has 0 unspecified atom stereocenters. The van der Waals surface area contributed by atoms with Gasteiger partial charge in [0.25, 0.3) is 0 Å². The first-order valence-corrected chi connectivity index (χ1v) is 5.00. The summed E-state index contributed by atoms with van der Waals surface area (Å²) >= 11 is 0. The smallest absolute Gasteiger partial charge is 0.503 e. The van der Waals surface area contributed by atoms with Crippen LogP contribution in [0.2, 0.25) is 0 Å². The number of rotatable bonds is 4. The molecule has 0 bridgehead atoms. The lowest BCUT2D eigenvalue weighted by molar-refractivity contribution is -0.275. The Balaban J connectivity index is 3.22. The Morgan fingerprint density at radius 2 is 2.16 bits per heavy atom. The van der Waals surface area contributed by atoms with Crippen LogP contribution in [0.3, 0.4) is 0 Å². The highest BCUT2D eigenvalue weighted by Crippen LogP contribution is 2.36. The molecule has 0 radical (unpaired) electrons. The van der Waals surface area contributed by atoms with Gasteiger partial charge in [-0.05, 0) is 0 Å². The van der Waals surface area contributed by atoms with Crippen LogP contribution in [0.4, 0.5) is 13.2 Å². The highest BCUT2D eigenvalue weighted by atomic mass is 19.4. The maximum atomic E-state index is 12.3. The van der Waals surface area contributed by atoms with Crippen LogP contribution < -0.4 is 10.5 Å². The van der Waals surface area contributed by atoms with Crippen molar-refractivity contribution >= 4 is 5.97 Å². The normalized spacial score (nSPS) is 11.2. The monoisotopic (exact) mass is 280 g/mol. The third kappa shape index (κ3) is 3.98. The largest absolute Gasteiger partial charge is 0.573 e. The predicted molar refractivity (Wildman–Crippen MR) is 56.2 cm³/mol. The Labute approximate surface area is 105 Å². The molecule has 1 aromatic rings. The highest BCUT2D eigenvalue weighted by Gasteiger charge is 2.34. The molecule has 9 heteroatoms. The minimum absolute atomic E-state index is 0.173. The maximum Gasteiger partial charge on any atom is 0.573 e. The number of halogens is 3. The van der Waals surface area contributed by atoms with Crippen LogP contribution in [0.15, 0.2) is 6.20 Å². The molecule has 19 heavy (non-hydrogen) atoms. The number of pyridine rings is 1. The van der Waals surface area contributed by atoms with Crippen molar-refractivity contribution in [3.63, 3.8) is 0 Å². The summed E-state index contributed by atoms with van der Waals surface area (Å²) in [6.07, 6.45) is -4.57. The van der Waals surface area contributed by atoms with Crippen LogP contribution >= 0.6 is 0 Å². The van der Waals surface area contributed by atoms with E-state index in [2.05, 4.69) is 14.5 Å². The van der Waals surface area contributed by atoms with E-state index in [4.69, 9.17) is 5.73 Å². The molecule has 0 aliphatic rings. The summed E-state index contributed by atoms with van der Waals surface area (Å²) in [5.74, 6) is -2.54. The quantitative estimate of drug-likeness (QED) is 0.794. The van der Waals surface area contributed by atoms with Crippen molar-refractivity contribution in [2.24, 2.45) is 5.73 Å². The van der Waals surface area contributed by atoms with Gasteiger partial charge in [-0.25, -0.2) is 0 Å². The van der Waals surface area contributed by atoms with Crippen molar-refractivity contribution in [1.82, 2.24) is 4.98 Å². The number of hydrogen-bond acceptors (Lipinski definition) is 6. The lowest BCUT2D eigenvalue weighted by Crippen LogP contribution is -2.20. The number of alkyl halides is 3. The summed E-state index contributed by atoms with van der Waals surface area (Å²) < 4.78 is 44.8. The first-order chi connectivity index (χ1) is 8.78. The van der Waals surface area contributed by atoms with Gasteiger partial charge in [-0.3, -0.25) is 9.78 Å². The Kier molecular flexibility index (Phi) is 4.54. The van der Waals surface area contributed by atoms with Gasteiger partial charge in [0.15, 0.2) is 11.5 Å². The predicted octanol–water partition coefficient (Wildman–Crippen LogP) is 0.860. The zero-order chi connectivity index (χ0) is 14.6. The third-order valence-electron chi connectivity index (χ3n) is 2.13. The number of hydrogen-bond donors (Lipinski definition) is 2. The molecule has 1 aromatic heterocycles. The van der Waals surface area contributed by atoms with Gasteiger partial charge in [0.1, 0.15) is 0 Å². The van der Waals surface area contributed by atoms with Crippen molar-refractivity contribution in [3.05, 3.63) is 17.5 Å². The van der Waals surface area contributed by atoms with E-state index in [-0.39, 0.29) is 17.8 Å². The molecule has 0 saturated carbocycles. The summed E-state index contributed by atoms with van der Waals surface area (Å²) in [4.78, 5) is 14.7. The molecule has 0 fully saturated rings. The van der Waals surface area contributed by atoms with Crippen LogP contribution in [0.1, 0.15) is 11.3 Å². The minimum atomic E-state index is -5.02. The molecule has 0 saturated heterocycles. The average molecular weight is 280 g/mol. The van der Waals surface area contributed by atoms with Crippen molar-refractivity contribution in [2.45, 2.75) is 19.3 Å². The third-order valence-corrected chi connectivity index (χ3v) is 2.13. The average Bonchev–Trinajstić information content (AvgIpc) is 2.32. The van der Waals surface area contributed by atoms with Gasteiger partial charge >= 0.3 is 12.3 Å². The van der Waals surface area contributed by atoms with Crippen molar-refractivity contribution in [3.8, 4) is 11.5 Å². The number of ether oxygens (including phenoxy) is 2. The van der Waals surface area contributed by atoms with Crippen molar-refractivity contribution in [2.75, 3.05) is 7.11 Å². The minimum Gasteiger partial charge on any atom is -0.503 e. The molecule has 6 nitrogen and oxygen atoms in total. The number of nitrogens with two attached hydrogens (primary N) is 1.